The molecule has 1 aromatic carbocycles. The molecule has 1 saturated heterocycles. The molecular formula is C24H27F3N6O4. The first-order valence-electron chi connectivity index (χ1n) is 11.6. The Morgan fingerprint density at radius 3 is 2.49 bits per heavy atom. The number of methoxy groups -OCH3 is 1. The molecule has 198 valence electrons. The van der Waals surface area contributed by atoms with Gasteiger partial charge >= 0.3 is 6.18 Å². The third-order valence-electron chi connectivity index (χ3n) is 5.61. The summed E-state index contributed by atoms with van der Waals surface area (Å²) in [6.07, 6.45) is 1.33. The molecule has 1 aliphatic rings. The van der Waals surface area contributed by atoms with Crippen LogP contribution >= 0.6 is 0 Å². The van der Waals surface area contributed by atoms with Crippen LogP contribution in [0.5, 0.6) is 23.0 Å². The van der Waals surface area contributed by atoms with Crippen LogP contribution < -0.4 is 24.4 Å². The Bertz CT molecular complexity index is 1220. The number of nitrogens with one attached hydrogen (secondary N) is 1. The van der Waals surface area contributed by atoms with Gasteiger partial charge in [0, 0.05) is 49.1 Å². The maximum atomic E-state index is 12.7. The summed E-state index contributed by atoms with van der Waals surface area (Å²) in [7, 11) is 1.50. The Morgan fingerprint density at radius 2 is 1.84 bits per heavy atom. The smallest absolute Gasteiger partial charge is 0.451 e. The molecule has 2 aromatic heterocycles. The highest BCUT2D eigenvalue weighted by Gasteiger charge is 2.34. The van der Waals surface area contributed by atoms with Gasteiger partial charge in [-0.2, -0.15) is 18.3 Å². The van der Waals surface area contributed by atoms with Crippen molar-refractivity contribution in [3.8, 4) is 23.0 Å². The third kappa shape index (κ3) is 6.80. The van der Waals surface area contributed by atoms with Crippen LogP contribution in [0.2, 0.25) is 0 Å². The Kier molecular flexibility index (Phi) is 7.69. The highest BCUT2D eigenvalue weighted by atomic mass is 19.4. The van der Waals surface area contributed by atoms with Crippen molar-refractivity contribution >= 4 is 11.6 Å². The maximum Gasteiger partial charge on any atom is 0.451 e. The minimum absolute atomic E-state index is 0.0534. The van der Waals surface area contributed by atoms with Crippen LogP contribution in [0.1, 0.15) is 32.1 Å². The van der Waals surface area contributed by atoms with Crippen LogP contribution in [0.3, 0.4) is 0 Å². The van der Waals surface area contributed by atoms with Crippen molar-refractivity contribution in [2.75, 3.05) is 31.7 Å². The zero-order valence-electron chi connectivity index (χ0n) is 20.5. The van der Waals surface area contributed by atoms with Gasteiger partial charge in [-0.1, -0.05) is 0 Å². The number of nitrogens with zero attached hydrogens (tertiary/aromatic N) is 5. The Morgan fingerprint density at radius 1 is 1.11 bits per heavy atom. The van der Waals surface area contributed by atoms with Crippen molar-refractivity contribution in [2.24, 2.45) is 0 Å². The Hall–Kier alpha value is -4.03. The number of amides is 1. The quantitative estimate of drug-likeness (QED) is 0.454. The summed E-state index contributed by atoms with van der Waals surface area (Å²) in [5, 5.41) is 7.16. The minimum Gasteiger partial charge on any atom is -0.497 e. The van der Waals surface area contributed by atoms with Crippen molar-refractivity contribution in [1.82, 2.24) is 25.1 Å². The molecule has 13 heteroatoms. The van der Waals surface area contributed by atoms with Crippen LogP contribution in [0.25, 0.3) is 0 Å². The number of hydrogen-bond acceptors (Lipinski definition) is 8. The number of carbonyl (C=O) groups excluding carboxylic acids is 1. The van der Waals surface area contributed by atoms with Gasteiger partial charge in [0.25, 0.3) is 5.91 Å². The van der Waals surface area contributed by atoms with Gasteiger partial charge in [-0.3, -0.25) is 9.48 Å². The van der Waals surface area contributed by atoms with E-state index in [1.807, 2.05) is 19.9 Å². The molecule has 1 N–H and O–H groups in total. The molecule has 1 amide bonds. The van der Waals surface area contributed by atoms with Gasteiger partial charge in [-0.05, 0) is 20.3 Å². The van der Waals surface area contributed by atoms with Crippen molar-refractivity contribution in [2.45, 2.75) is 38.5 Å². The molecule has 3 heterocycles. The molecular weight excluding hydrogens is 493 g/mol. The van der Waals surface area contributed by atoms with E-state index in [4.69, 9.17) is 14.2 Å². The van der Waals surface area contributed by atoms with Crippen molar-refractivity contribution in [3.63, 3.8) is 0 Å². The second kappa shape index (κ2) is 10.9. The monoisotopic (exact) mass is 520 g/mol. The SMILES string of the molecule is COc1cc(Oc2cnc(C(F)(F)F)nc2)cc(N2CC[C@H](NC(=O)COc3cnn(C(C)C)c3)C2)c1. The number of halogens is 3. The summed E-state index contributed by atoms with van der Waals surface area (Å²) >= 11 is 0. The highest BCUT2D eigenvalue weighted by Crippen LogP contribution is 2.33. The number of anilines is 1. The van der Waals surface area contributed by atoms with E-state index in [1.165, 1.54) is 7.11 Å². The summed E-state index contributed by atoms with van der Waals surface area (Å²) in [5.41, 5.74) is 0.774. The second-order valence-electron chi connectivity index (χ2n) is 8.75. The summed E-state index contributed by atoms with van der Waals surface area (Å²) in [6, 6.07) is 5.26. The molecule has 0 radical (unpaired) electrons. The van der Waals surface area contributed by atoms with Gasteiger partial charge in [0.1, 0.15) is 11.5 Å². The first kappa shape index (κ1) is 26.0. The van der Waals surface area contributed by atoms with E-state index in [-0.39, 0.29) is 30.3 Å². The Balaban J connectivity index is 1.34. The number of benzene rings is 1. The summed E-state index contributed by atoms with van der Waals surface area (Å²) in [5.74, 6) is -0.0471. The van der Waals surface area contributed by atoms with Gasteiger partial charge in [0.2, 0.25) is 5.82 Å². The molecule has 1 aliphatic heterocycles. The molecule has 4 rings (SSSR count). The summed E-state index contributed by atoms with van der Waals surface area (Å²) in [6.45, 7) is 5.09. The van der Waals surface area contributed by atoms with Gasteiger partial charge in [0.15, 0.2) is 18.1 Å². The average molecular weight is 521 g/mol. The molecule has 10 nitrogen and oxygen atoms in total. The normalized spacial score (nSPS) is 15.6. The van der Waals surface area contributed by atoms with E-state index in [0.717, 1.165) is 24.5 Å². The van der Waals surface area contributed by atoms with E-state index < -0.39 is 12.0 Å². The van der Waals surface area contributed by atoms with Crippen LogP contribution in [0, 0.1) is 0 Å². The molecule has 1 atom stereocenters. The first-order chi connectivity index (χ1) is 17.6. The molecule has 1 fully saturated rings. The summed E-state index contributed by atoms with van der Waals surface area (Å²) < 4.78 is 56.4. The fourth-order valence-electron chi connectivity index (χ4n) is 3.78. The number of alkyl halides is 3. The lowest BCUT2D eigenvalue weighted by Crippen LogP contribution is -2.39. The van der Waals surface area contributed by atoms with E-state index in [2.05, 4.69) is 25.3 Å². The van der Waals surface area contributed by atoms with Crippen molar-refractivity contribution < 1.29 is 32.2 Å². The number of rotatable bonds is 9. The van der Waals surface area contributed by atoms with Gasteiger partial charge < -0.3 is 24.4 Å². The predicted molar refractivity (Wildman–Crippen MR) is 127 cm³/mol. The van der Waals surface area contributed by atoms with Gasteiger partial charge in [-0.25, -0.2) is 9.97 Å². The topological polar surface area (TPSA) is 104 Å². The fraction of sp³-hybridized carbons (Fsp3) is 0.417. The van der Waals surface area contributed by atoms with Crippen molar-refractivity contribution in [1.29, 1.82) is 0 Å². The fourth-order valence-corrected chi connectivity index (χ4v) is 3.78. The molecule has 0 saturated carbocycles. The largest absolute Gasteiger partial charge is 0.497 e. The molecule has 0 unspecified atom stereocenters. The number of ether oxygens (including phenoxy) is 3. The first-order valence-corrected chi connectivity index (χ1v) is 11.6. The minimum atomic E-state index is -4.63. The van der Waals surface area contributed by atoms with Crippen LogP contribution in [0.15, 0.2) is 43.0 Å². The van der Waals surface area contributed by atoms with Crippen LogP contribution in [0.4, 0.5) is 18.9 Å². The van der Waals surface area contributed by atoms with Gasteiger partial charge in [-0.15, -0.1) is 0 Å². The van der Waals surface area contributed by atoms with Crippen LogP contribution in [-0.4, -0.2) is 58.5 Å². The van der Waals surface area contributed by atoms with Crippen LogP contribution in [-0.2, 0) is 11.0 Å². The van der Waals surface area contributed by atoms with Crippen molar-refractivity contribution in [3.05, 3.63) is 48.8 Å². The second-order valence-corrected chi connectivity index (χ2v) is 8.75. The number of hydrogen-bond donors (Lipinski definition) is 1. The third-order valence-corrected chi connectivity index (χ3v) is 5.61. The maximum absolute atomic E-state index is 12.7. The number of aromatic nitrogens is 4. The lowest BCUT2D eigenvalue weighted by molar-refractivity contribution is -0.145. The number of carbonyl (C=O) groups is 1. The lowest BCUT2D eigenvalue weighted by atomic mass is 10.2. The van der Waals surface area contributed by atoms with E-state index in [9.17, 15) is 18.0 Å². The lowest BCUT2D eigenvalue weighted by Gasteiger charge is -2.21. The van der Waals surface area contributed by atoms with E-state index >= 15 is 0 Å². The van der Waals surface area contributed by atoms with E-state index in [0.29, 0.717) is 30.3 Å². The molecule has 3 aromatic rings. The molecule has 0 aliphatic carbocycles. The van der Waals surface area contributed by atoms with E-state index in [1.54, 1.807) is 29.2 Å². The molecule has 0 bridgehead atoms. The predicted octanol–water partition coefficient (Wildman–Crippen LogP) is 3.85. The standard InChI is InChI=1S/C24H27F3N6O4/c1-15(2)33-13-21(11-30-33)36-14-22(34)31-16-4-5-32(12-16)17-6-18(35-3)8-19(7-17)37-20-9-28-23(29-10-20)24(25,26)27/h6-11,13,15-16H,4-5,12,14H2,1-3H3,(H,31,34)/t16-/m0/s1. The zero-order chi connectivity index (χ0) is 26.6. The summed E-state index contributed by atoms with van der Waals surface area (Å²) in [4.78, 5) is 21.1. The highest BCUT2D eigenvalue weighted by molar-refractivity contribution is 5.78. The van der Waals surface area contributed by atoms with Gasteiger partial charge in [0.05, 0.1) is 31.9 Å². The Labute approximate surface area is 211 Å². The molecule has 37 heavy (non-hydrogen) atoms. The average Bonchev–Trinajstić information content (AvgIpc) is 3.52. The molecule has 0 spiro atoms. The zero-order valence-corrected chi connectivity index (χ0v) is 20.5.